The van der Waals surface area contributed by atoms with Crippen molar-refractivity contribution >= 4 is 0 Å². The van der Waals surface area contributed by atoms with Crippen LogP contribution in [0.3, 0.4) is 0 Å². The van der Waals surface area contributed by atoms with E-state index in [1.807, 2.05) is 0 Å². The molecule has 2 aliphatic rings. The van der Waals surface area contributed by atoms with Crippen molar-refractivity contribution in [3.05, 3.63) is 0 Å². The molecule has 2 rings (SSSR count). The maximum Gasteiger partial charge on any atom is -0.0383 e. The summed E-state index contributed by atoms with van der Waals surface area (Å²) in [4.78, 5) is 0. The molecule has 2 aliphatic carbocycles. The molecule has 0 radical (unpaired) electrons. The van der Waals surface area contributed by atoms with E-state index in [4.69, 9.17) is 0 Å². The van der Waals surface area contributed by atoms with E-state index in [-0.39, 0.29) is 0 Å². The molecule has 2 fully saturated rings. The fraction of sp³-hybridized carbons (Fsp3) is 1.00. The number of hydrogen-bond donors (Lipinski definition) is 0. The highest BCUT2D eigenvalue weighted by molar-refractivity contribution is 4.88. The molecule has 2 atom stereocenters. The molecule has 0 aromatic rings. The smallest absolute Gasteiger partial charge is 0.0383 e. The third-order valence-electron chi connectivity index (χ3n) is 2.47. The van der Waals surface area contributed by atoms with Crippen LogP contribution in [0.5, 0.6) is 0 Å². The van der Waals surface area contributed by atoms with Gasteiger partial charge in [-0.1, -0.05) is 25.7 Å². The monoisotopic (exact) mass is 96.1 g/mol. The molecule has 0 aliphatic heterocycles. The quantitative estimate of drug-likeness (QED) is 0.433. The Morgan fingerprint density at radius 2 is 1.43 bits per heavy atom. The fourth-order valence-corrected chi connectivity index (χ4v) is 1.83. The zero-order valence-electron chi connectivity index (χ0n) is 4.69. The second kappa shape index (κ2) is 1.24. The Balaban J connectivity index is 1.95. The summed E-state index contributed by atoms with van der Waals surface area (Å²) in [6, 6.07) is 0. The molecule has 2 saturated carbocycles. The minimum Gasteiger partial charge on any atom is -0.0530 e. The Kier molecular flexibility index (Phi) is 0.697. The van der Waals surface area contributed by atoms with Crippen molar-refractivity contribution in [1.29, 1.82) is 0 Å². The van der Waals surface area contributed by atoms with Crippen LogP contribution in [0.1, 0.15) is 32.1 Å². The van der Waals surface area contributed by atoms with Crippen LogP contribution in [0, 0.1) is 11.8 Å². The number of rotatable bonds is 0. The predicted molar refractivity (Wildman–Crippen MR) is 30.1 cm³/mol. The van der Waals surface area contributed by atoms with Gasteiger partial charge in [0, 0.05) is 0 Å². The normalized spacial score (nSPS) is 48.0. The van der Waals surface area contributed by atoms with Crippen LogP contribution in [0.2, 0.25) is 0 Å². The SMILES string of the molecule is C1CCC2CC2C1. The zero-order valence-corrected chi connectivity index (χ0v) is 4.69. The lowest BCUT2D eigenvalue weighted by atomic mass is 10.0. The van der Waals surface area contributed by atoms with E-state index >= 15 is 0 Å². The van der Waals surface area contributed by atoms with Crippen molar-refractivity contribution in [2.75, 3.05) is 0 Å². The minimum absolute atomic E-state index is 1.20. The van der Waals surface area contributed by atoms with E-state index in [1.165, 1.54) is 24.7 Å². The first-order valence-corrected chi connectivity index (χ1v) is 3.47. The summed E-state index contributed by atoms with van der Waals surface area (Å²) in [5.74, 6) is 2.41. The lowest BCUT2D eigenvalue weighted by Crippen LogP contribution is -1.91. The Morgan fingerprint density at radius 1 is 0.857 bits per heavy atom. The standard InChI is InChI=1S/C7H12/c1-2-4-7-5-6(7)3-1/h6-7H,1-5H2. The fourth-order valence-electron chi connectivity index (χ4n) is 1.83. The summed E-state index contributed by atoms with van der Waals surface area (Å²) in [6.45, 7) is 0. The van der Waals surface area contributed by atoms with E-state index < -0.39 is 0 Å². The molecule has 0 N–H and O–H groups in total. The lowest BCUT2D eigenvalue weighted by Gasteiger charge is -2.05. The molecule has 7 heavy (non-hydrogen) atoms. The van der Waals surface area contributed by atoms with Gasteiger partial charge in [0.25, 0.3) is 0 Å². The first-order valence-electron chi connectivity index (χ1n) is 3.47. The van der Waals surface area contributed by atoms with Gasteiger partial charge in [-0.3, -0.25) is 0 Å². The van der Waals surface area contributed by atoms with Crippen molar-refractivity contribution in [2.45, 2.75) is 32.1 Å². The van der Waals surface area contributed by atoms with Gasteiger partial charge in [0.2, 0.25) is 0 Å². The third-order valence-corrected chi connectivity index (χ3v) is 2.47. The highest BCUT2D eigenvalue weighted by Gasteiger charge is 2.37. The van der Waals surface area contributed by atoms with Gasteiger partial charge < -0.3 is 0 Å². The molecule has 0 heterocycles. The van der Waals surface area contributed by atoms with Crippen molar-refractivity contribution in [1.82, 2.24) is 0 Å². The van der Waals surface area contributed by atoms with Crippen molar-refractivity contribution in [3.63, 3.8) is 0 Å². The van der Waals surface area contributed by atoms with Gasteiger partial charge in [0.1, 0.15) is 0 Å². The van der Waals surface area contributed by atoms with E-state index in [0.29, 0.717) is 0 Å². The first kappa shape index (κ1) is 3.94. The molecule has 40 valence electrons. The summed E-state index contributed by atoms with van der Waals surface area (Å²) >= 11 is 0. The Morgan fingerprint density at radius 3 is 1.86 bits per heavy atom. The van der Waals surface area contributed by atoms with Gasteiger partial charge in [-0.15, -0.1) is 0 Å². The summed E-state index contributed by atoms with van der Waals surface area (Å²) < 4.78 is 0. The summed E-state index contributed by atoms with van der Waals surface area (Å²) in [7, 11) is 0. The van der Waals surface area contributed by atoms with E-state index in [1.54, 1.807) is 19.3 Å². The summed E-state index contributed by atoms with van der Waals surface area (Å²) in [5, 5.41) is 0. The second-order valence-electron chi connectivity index (χ2n) is 3.04. The van der Waals surface area contributed by atoms with Crippen LogP contribution in [0.15, 0.2) is 0 Å². The molecule has 0 spiro atoms. The maximum atomic E-state index is 1.58. The van der Waals surface area contributed by atoms with Gasteiger partial charge in [-0.05, 0) is 18.3 Å². The van der Waals surface area contributed by atoms with Crippen molar-refractivity contribution < 1.29 is 0 Å². The van der Waals surface area contributed by atoms with Crippen molar-refractivity contribution in [3.8, 4) is 0 Å². The molecule has 0 amide bonds. The highest BCUT2D eigenvalue weighted by Crippen LogP contribution is 2.49. The lowest BCUT2D eigenvalue weighted by molar-refractivity contribution is 0.480. The van der Waals surface area contributed by atoms with Crippen molar-refractivity contribution in [2.24, 2.45) is 11.8 Å². The Hall–Kier alpha value is 0. The summed E-state index contributed by atoms with van der Waals surface area (Å²) in [5.41, 5.74) is 0. The zero-order chi connectivity index (χ0) is 4.69. The molecule has 0 bridgehead atoms. The minimum atomic E-state index is 1.20. The van der Waals surface area contributed by atoms with Crippen LogP contribution in [-0.2, 0) is 0 Å². The van der Waals surface area contributed by atoms with E-state index in [2.05, 4.69) is 0 Å². The van der Waals surface area contributed by atoms with Gasteiger partial charge in [-0.2, -0.15) is 0 Å². The molecule has 0 saturated heterocycles. The van der Waals surface area contributed by atoms with Crippen LogP contribution in [0.4, 0.5) is 0 Å². The molecule has 2 unspecified atom stereocenters. The molecule has 0 aromatic carbocycles. The topological polar surface area (TPSA) is 0 Å². The molecular formula is C7H12. The van der Waals surface area contributed by atoms with Crippen LogP contribution in [-0.4, -0.2) is 0 Å². The van der Waals surface area contributed by atoms with Gasteiger partial charge in [0.05, 0.1) is 0 Å². The molecule has 0 nitrogen and oxygen atoms in total. The van der Waals surface area contributed by atoms with Crippen LogP contribution < -0.4 is 0 Å². The largest absolute Gasteiger partial charge is 0.0530 e. The second-order valence-corrected chi connectivity index (χ2v) is 3.04. The van der Waals surface area contributed by atoms with Gasteiger partial charge in [0.15, 0.2) is 0 Å². The Labute approximate surface area is 44.9 Å². The first-order chi connectivity index (χ1) is 3.47. The van der Waals surface area contributed by atoms with E-state index in [0.717, 1.165) is 0 Å². The molecule has 0 heteroatoms. The van der Waals surface area contributed by atoms with Gasteiger partial charge in [-0.25, -0.2) is 0 Å². The summed E-state index contributed by atoms with van der Waals surface area (Å²) in [6.07, 6.45) is 7.76. The van der Waals surface area contributed by atoms with E-state index in [9.17, 15) is 0 Å². The van der Waals surface area contributed by atoms with Gasteiger partial charge >= 0.3 is 0 Å². The predicted octanol–water partition coefficient (Wildman–Crippen LogP) is 2.20. The average Bonchev–Trinajstić information content (AvgIpc) is 2.41. The molecule has 0 aromatic heterocycles. The Bertz CT molecular complexity index is 66.1. The maximum absolute atomic E-state index is 1.58. The average molecular weight is 96.2 g/mol. The van der Waals surface area contributed by atoms with Crippen LogP contribution in [0.25, 0.3) is 0 Å². The third kappa shape index (κ3) is 0.568. The highest BCUT2D eigenvalue weighted by atomic mass is 14.4. The van der Waals surface area contributed by atoms with Crippen LogP contribution >= 0.6 is 0 Å². The molecular weight excluding hydrogens is 84.1 g/mol. The number of hydrogen-bond acceptors (Lipinski definition) is 0. The number of fused-ring (bicyclic) bond motifs is 1.